The van der Waals surface area contributed by atoms with E-state index in [0.29, 0.717) is 17.4 Å². The molecule has 18 heavy (non-hydrogen) atoms. The predicted octanol–water partition coefficient (Wildman–Crippen LogP) is 2.74. The highest BCUT2D eigenvalue weighted by molar-refractivity contribution is 7.13. The number of anilines is 1. The zero-order valence-corrected chi connectivity index (χ0v) is 11.5. The molecule has 0 atom stereocenters. The second kappa shape index (κ2) is 5.30. The van der Waals surface area contributed by atoms with Crippen LogP contribution in [0, 0.1) is 6.92 Å². The molecule has 0 aliphatic rings. The Bertz CT molecular complexity index is 553. The van der Waals surface area contributed by atoms with E-state index in [1.807, 2.05) is 0 Å². The second-order valence-electron chi connectivity index (χ2n) is 3.82. The minimum absolute atomic E-state index is 0.357. The van der Waals surface area contributed by atoms with Gasteiger partial charge in [-0.15, -0.1) is 0 Å². The molecule has 2 heterocycles. The molecular weight excluding hydrogens is 248 g/mol. The summed E-state index contributed by atoms with van der Waals surface area (Å²) in [6.45, 7) is 5.92. The Morgan fingerprint density at radius 2 is 2.06 bits per heavy atom. The molecule has 0 amide bonds. The Labute approximate surface area is 110 Å². The first-order valence-electron chi connectivity index (χ1n) is 5.89. The molecule has 0 aliphatic carbocycles. The highest BCUT2D eigenvalue weighted by atomic mass is 32.1. The number of aryl methyl sites for hydroxylation is 3. The van der Waals surface area contributed by atoms with Gasteiger partial charge in [-0.05, 0) is 19.8 Å². The van der Waals surface area contributed by atoms with Gasteiger partial charge in [0.25, 0.3) is 0 Å². The monoisotopic (exact) mass is 264 g/mol. The van der Waals surface area contributed by atoms with E-state index >= 15 is 0 Å². The fraction of sp³-hybridized carbons (Fsp3) is 0.417. The van der Waals surface area contributed by atoms with Crippen molar-refractivity contribution >= 4 is 17.2 Å². The van der Waals surface area contributed by atoms with Crippen molar-refractivity contribution in [3.05, 3.63) is 22.7 Å². The van der Waals surface area contributed by atoms with Gasteiger partial charge in [-0.2, -0.15) is 0 Å². The number of nitrogen functional groups attached to an aromatic ring is 1. The summed E-state index contributed by atoms with van der Waals surface area (Å²) in [5.74, 6) is 1.48. The quantitative estimate of drug-likeness (QED) is 0.919. The molecule has 0 unspecified atom stereocenters. The smallest absolute Gasteiger partial charge is 0.204 e. The topological polar surface area (TPSA) is 73.9 Å². The Kier molecular flexibility index (Phi) is 3.76. The van der Waals surface area contributed by atoms with E-state index in [1.165, 1.54) is 0 Å². The van der Waals surface area contributed by atoms with Crippen molar-refractivity contribution in [2.24, 2.45) is 0 Å². The fourth-order valence-corrected chi connectivity index (χ4v) is 2.45. The molecule has 2 aromatic heterocycles. The third kappa shape index (κ3) is 2.59. The minimum atomic E-state index is 0.357. The van der Waals surface area contributed by atoms with Gasteiger partial charge in [0.15, 0.2) is 11.6 Å². The highest BCUT2D eigenvalue weighted by Crippen LogP contribution is 2.34. The first-order valence-corrected chi connectivity index (χ1v) is 6.71. The van der Waals surface area contributed by atoms with Gasteiger partial charge >= 0.3 is 0 Å². The standard InChI is InChI=1S/C12H16N4OS/c1-4-8-12(18-10(5-2)16-8)17-9-6-14-7(3)15-11(9)13/h6H,4-5H2,1-3H3,(H2,13,14,15). The Morgan fingerprint density at radius 3 is 2.67 bits per heavy atom. The summed E-state index contributed by atoms with van der Waals surface area (Å²) in [5, 5.41) is 1.85. The Morgan fingerprint density at radius 1 is 1.28 bits per heavy atom. The van der Waals surface area contributed by atoms with E-state index in [2.05, 4.69) is 28.8 Å². The molecule has 0 fully saturated rings. The number of nitrogens with two attached hydrogens (primary N) is 1. The number of hydrogen-bond donors (Lipinski definition) is 1. The van der Waals surface area contributed by atoms with Gasteiger partial charge in [-0.1, -0.05) is 25.2 Å². The molecule has 0 radical (unpaired) electrons. The normalized spacial score (nSPS) is 10.6. The van der Waals surface area contributed by atoms with E-state index < -0.39 is 0 Å². The maximum Gasteiger partial charge on any atom is 0.204 e. The second-order valence-corrected chi connectivity index (χ2v) is 4.86. The Hall–Kier alpha value is -1.69. The van der Waals surface area contributed by atoms with Gasteiger partial charge in [0.05, 0.1) is 16.9 Å². The van der Waals surface area contributed by atoms with Crippen molar-refractivity contribution in [1.29, 1.82) is 0 Å². The fourth-order valence-electron chi connectivity index (χ4n) is 1.49. The molecule has 0 saturated heterocycles. The Balaban J connectivity index is 2.30. The SMILES string of the molecule is CCc1nc(CC)c(Oc2cnc(C)nc2N)s1. The number of ether oxygens (including phenoxy) is 1. The summed E-state index contributed by atoms with van der Waals surface area (Å²) in [6.07, 6.45) is 3.34. The van der Waals surface area contributed by atoms with E-state index in [0.717, 1.165) is 28.6 Å². The van der Waals surface area contributed by atoms with Crippen molar-refractivity contribution in [2.45, 2.75) is 33.6 Å². The molecule has 5 nitrogen and oxygen atoms in total. The summed E-state index contributed by atoms with van der Waals surface area (Å²) in [4.78, 5) is 12.7. The van der Waals surface area contributed by atoms with Gasteiger partial charge < -0.3 is 10.5 Å². The minimum Gasteiger partial charge on any atom is -0.439 e. The van der Waals surface area contributed by atoms with Crippen LogP contribution in [0.15, 0.2) is 6.20 Å². The zero-order chi connectivity index (χ0) is 13.1. The third-order valence-corrected chi connectivity index (χ3v) is 3.57. The summed E-state index contributed by atoms with van der Waals surface area (Å²) in [5.41, 5.74) is 6.76. The molecule has 2 aromatic rings. The van der Waals surface area contributed by atoms with Crippen LogP contribution < -0.4 is 10.5 Å². The van der Waals surface area contributed by atoms with Crippen LogP contribution in [-0.2, 0) is 12.8 Å². The average Bonchev–Trinajstić information content (AvgIpc) is 2.75. The molecule has 0 spiro atoms. The van der Waals surface area contributed by atoms with Crippen LogP contribution in [0.2, 0.25) is 0 Å². The van der Waals surface area contributed by atoms with E-state index in [1.54, 1.807) is 24.5 Å². The molecule has 0 bridgehead atoms. The van der Waals surface area contributed by atoms with Crippen LogP contribution in [-0.4, -0.2) is 15.0 Å². The molecule has 96 valence electrons. The predicted molar refractivity (Wildman–Crippen MR) is 72.1 cm³/mol. The van der Waals surface area contributed by atoms with Crippen LogP contribution >= 0.6 is 11.3 Å². The van der Waals surface area contributed by atoms with Crippen molar-refractivity contribution < 1.29 is 4.74 Å². The summed E-state index contributed by atoms with van der Waals surface area (Å²) >= 11 is 1.55. The molecule has 6 heteroatoms. The lowest BCUT2D eigenvalue weighted by atomic mass is 10.3. The number of thiazole rings is 1. The lowest BCUT2D eigenvalue weighted by Gasteiger charge is -2.06. The summed E-state index contributed by atoms with van der Waals surface area (Å²) < 4.78 is 5.77. The van der Waals surface area contributed by atoms with Crippen LogP contribution in [0.25, 0.3) is 0 Å². The van der Waals surface area contributed by atoms with E-state index in [9.17, 15) is 0 Å². The van der Waals surface area contributed by atoms with Crippen LogP contribution in [0.1, 0.15) is 30.4 Å². The number of nitrogens with zero attached hydrogens (tertiary/aromatic N) is 3. The molecule has 0 saturated carbocycles. The van der Waals surface area contributed by atoms with Gasteiger partial charge in [-0.3, -0.25) is 0 Å². The largest absolute Gasteiger partial charge is 0.439 e. The zero-order valence-electron chi connectivity index (χ0n) is 10.7. The van der Waals surface area contributed by atoms with Crippen LogP contribution in [0.5, 0.6) is 10.8 Å². The average molecular weight is 264 g/mol. The molecule has 2 N–H and O–H groups in total. The number of hydrogen-bond acceptors (Lipinski definition) is 6. The lowest BCUT2D eigenvalue weighted by molar-refractivity contribution is 0.486. The number of rotatable bonds is 4. The van der Waals surface area contributed by atoms with Crippen molar-refractivity contribution in [3.8, 4) is 10.8 Å². The molecular formula is C12H16N4OS. The highest BCUT2D eigenvalue weighted by Gasteiger charge is 2.13. The van der Waals surface area contributed by atoms with Crippen molar-refractivity contribution in [2.75, 3.05) is 5.73 Å². The van der Waals surface area contributed by atoms with E-state index in [-0.39, 0.29) is 0 Å². The van der Waals surface area contributed by atoms with Gasteiger partial charge in [0.2, 0.25) is 5.06 Å². The van der Waals surface area contributed by atoms with Crippen LogP contribution in [0.3, 0.4) is 0 Å². The van der Waals surface area contributed by atoms with Crippen molar-refractivity contribution in [3.63, 3.8) is 0 Å². The van der Waals surface area contributed by atoms with Crippen LogP contribution in [0.4, 0.5) is 5.82 Å². The van der Waals surface area contributed by atoms with Gasteiger partial charge in [-0.25, -0.2) is 15.0 Å². The third-order valence-electron chi connectivity index (χ3n) is 2.45. The molecule has 0 aromatic carbocycles. The molecule has 2 rings (SSSR count). The van der Waals surface area contributed by atoms with E-state index in [4.69, 9.17) is 10.5 Å². The van der Waals surface area contributed by atoms with Crippen molar-refractivity contribution in [1.82, 2.24) is 15.0 Å². The maximum atomic E-state index is 5.81. The van der Waals surface area contributed by atoms with Gasteiger partial charge in [0, 0.05) is 0 Å². The summed E-state index contributed by atoms with van der Waals surface area (Å²) in [7, 11) is 0. The maximum absolute atomic E-state index is 5.81. The van der Waals surface area contributed by atoms with Gasteiger partial charge in [0.1, 0.15) is 5.82 Å². The number of aromatic nitrogens is 3. The first kappa shape index (κ1) is 12.8. The lowest BCUT2D eigenvalue weighted by Crippen LogP contribution is -1.99. The summed E-state index contributed by atoms with van der Waals surface area (Å²) in [6, 6.07) is 0. The first-order chi connectivity index (χ1) is 8.63. The molecule has 0 aliphatic heterocycles.